The lowest BCUT2D eigenvalue weighted by atomic mass is 9.81. The van der Waals surface area contributed by atoms with Gasteiger partial charge in [0.05, 0.1) is 0 Å². The second-order valence-corrected chi connectivity index (χ2v) is 6.13. The van der Waals surface area contributed by atoms with Crippen LogP contribution in [0.25, 0.3) is 0 Å². The van der Waals surface area contributed by atoms with E-state index in [0.29, 0.717) is 12.1 Å². The predicted octanol–water partition coefficient (Wildman–Crippen LogP) is 3.87. The molecule has 0 saturated heterocycles. The van der Waals surface area contributed by atoms with E-state index in [2.05, 4.69) is 36.6 Å². The lowest BCUT2D eigenvalue weighted by molar-refractivity contribution is -0.114. The second kappa shape index (κ2) is 6.89. The number of anilines is 1. The van der Waals surface area contributed by atoms with Gasteiger partial charge < -0.3 is 10.6 Å². The highest BCUT2D eigenvalue weighted by Gasteiger charge is 2.20. The van der Waals surface area contributed by atoms with Crippen molar-refractivity contribution in [1.82, 2.24) is 5.32 Å². The van der Waals surface area contributed by atoms with Gasteiger partial charge in [0.1, 0.15) is 0 Å². The smallest absolute Gasteiger partial charge is 0.221 e. The average Bonchev–Trinajstić information content (AvgIpc) is 2.33. The molecule has 0 spiro atoms. The first kappa shape index (κ1) is 15.0. The molecule has 1 aliphatic rings. The lowest BCUT2D eigenvalue weighted by Crippen LogP contribution is -2.32. The fourth-order valence-corrected chi connectivity index (χ4v) is 2.91. The molecule has 0 heterocycles. The number of carbonyl (C=O) groups is 1. The summed E-state index contributed by atoms with van der Waals surface area (Å²) in [6.45, 7) is 5.99. The van der Waals surface area contributed by atoms with Crippen molar-refractivity contribution in [1.29, 1.82) is 0 Å². The van der Waals surface area contributed by atoms with E-state index >= 15 is 0 Å². The molecule has 2 atom stereocenters. The van der Waals surface area contributed by atoms with Crippen molar-refractivity contribution in [2.24, 2.45) is 5.92 Å². The fraction of sp³-hybridized carbons (Fsp3) is 0.588. The predicted molar refractivity (Wildman–Crippen MR) is 83.7 cm³/mol. The second-order valence-electron chi connectivity index (χ2n) is 6.13. The number of hydrogen-bond donors (Lipinski definition) is 2. The molecule has 1 saturated carbocycles. The maximum Gasteiger partial charge on any atom is 0.221 e. The Morgan fingerprint density at radius 2 is 2.10 bits per heavy atom. The molecule has 0 bridgehead atoms. The van der Waals surface area contributed by atoms with E-state index in [9.17, 15) is 4.79 Å². The Kier molecular flexibility index (Phi) is 5.18. The summed E-state index contributed by atoms with van der Waals surface area (Å²) in [6, 6.07) is 8.93. The molecule has 1 aromatic carbocycles. The molecule has 3 heteroatoms. The maximum absolute atomic E-state index is 11.1. The van der Waals surface area contributed by atoms with E-state index in [-0.39, 0.29) is 5.91 Å². The SMILES string of the molecule is CC(=O)Nc1cccc(C(C)NC(C)CC2CCC2)c1. The molecular weight excluding hydrogens is 248 g/mol. The zero-order valence-corrected chi connectivity index (χ0v) is 12.8. The molecule has 0 radical (unpaired) electrons. The summed E-state index contributed by atoms with van der Waals surface area (Å²) >= 11 is 0. The molecule has 0 aliphatic heterocycles. The summed E-state index contributed by atoms with van der Waals surface area (Å²) < 4.78 is 0. The molecular formula is C17H26N2O. The summed E-state index contributed by atoms with van der Waals surface area (Å²) in [4.78, 5) is 11.1. The molecule has 0 aromatic heterocycles. The van der Waals surface area contributed by atoms with E-state index in [0.717, 1.165) is 11.6 Å². The number of benzene rings is 1. The van der Waals surface area contributed by atoms with Gasteiger partial charge in [-0.3, -0.25) is 4.79 Å². The molecule has 2 rings (SSSR count). The topological polar surface area (TPSA) is 41.1 Å². The number of nitrogens with one attached hydrogen (secondary N) is 2. The van der Waals surface area contributed by atoms with Gasteiger partial charge in [-0.1, -0.05) is 31.4 Å². The van der Waals surface area contributed by atoms with Gasteiger partial charge in [0.15, 0.2) is 0 Å². The van der Waals surface area contributed by atoms with Gasteiger partial charge in [-0.25, -0.2) is 0 Å². The van der Waals surface area contributed by atoms with Gasteiger partial charge in [0.2, 0.25) is 5.91 Å². The van der Waals surface area contributed by atoms with Crippen LogP contribution in [0, 0.1) is 5.92 Å². The third-order valence-corrected chi connectivity index (χ3v) is 4.15. The van der Waals surface area contributed by atoms with Crippen LogP contribution in [0.3, 0.4) is 0 Å². The molecule has 2 unspecified atom stereocenters. The minimum atomic E-state index is -0.0267. The first-order chi connectivity index (χ1) is 9.54. The van der Waals surface area contributed by atoms with Crippen LogP contribution in [-0.4, -0.2) is 11.9 Å². The van der Waals surface area contributed by atoms with E-state index in [1.54, 1.807) is 0 Å². The fourth-order valence-electron chi connectivity index (χ4n) is 2.91. The number of carbonyl (C=O) groups excluding carboxylic acids is 1. The minimum absolute atomic E-state index is 0.0267. The highest BCUT2D eigenvalue weighted by atomic mass is 16.1. The van der Waals surface area contributed by atoms with Gasteiger partial charge in [0.25, 0.3) is 0 Å². The van der Waals surface area contributed by atoms with E-state index in [1.165, 1.54) is 38.2 Å². The molecule has 1 aliphatic carbocycles. The summed E-state index contributed by atoms with van der Waals surface area (Å²) in [5.41, 5.74) is 2.09. The number of rotatable bonds is 6. The monoisotopic (exact) mass is 274 g/mol. The minimum Gasteiger partial charge on any atom is -0.326 e. The Hall–Kier alpha value is -1.35. The van der Waals surface area contributed by atoms with Crippen LogP contribution in [0.2, 0.25) is 0 Å². The normalized spacial score (nSPS) is 18.1. The van der Waals surface area contributed by atoms with Crippen LogP contribution in [0.1, 0.15) is 58.1 Å². The van der Waals surface area contributed by atoms with E-state index in [1.807, 2.05) is 12.1 Å². The summed E-state index contributed by atoms with van der Waals surface area (Å²) in [5.74, 6) is 0.900. The Bertz CT molecular complexity index is 454. The Labute approximate surface area is 122 Å². The standard InChI is InChI=1S/C17H26N2O/c1-12(10-15-6-4-7-15)18-13(2)16-8-5-9-17(11-16)19-14(3)20/h5,8-9,11-13,15,18H,4,6-7,10H2,1-3H3,(H,19,20). The molecule has 1 aromatic rings. The van der Waals surface area contributed by atoms with Crippen LogP contribution in [0.4, 0.5) is 5.69 Å². The van der Waals surface area contributed by atoms with Crippen LogP contribution in [0.5, 0.6) is 0 Å². The Morgan fingerprint density at radius 1 is 1.35 bits per heavy atom. The molecule has 1 amide bonds. The van der Waals surface area contributed by atoms with Crippen LogP contribution in [0.15, 0.2) is 24.3 Å². The van der Waals surface area contributed by atoms with Crippen molar-refractivity contribution >= 4 is 11.6 Å². The van der Waals surface area contributed by atoms with Crippen molar-refractivity contribution < 1.29 is 4.79 Å². The molecule has 3 nitrogen and oxygen atoms in total. The lowest BCUT2D eigenvalue weighted by Gasteiger charge is -2.30. The van der Waals surface area contributed by atoms with Crippen molar-refractivity contribution in [3.63, 3.8) is 0 Å². The first-order valence-electron chi connectivity index (χ1n) is 7.68. The Balaban J connectivity index is 1.90. The van der Waals surface area contributed by atoms with Gasteiger partial charge in [-0.2, -0.15) is 0 Å². The van der Waals surface area contributed by atoms with E-state index in [4.69, 9.17) is 0 Å². The molecule has 20 heavy (non-hydrogen) atoms. The maximum atomic E-state index is 11.1. The van der Waals surface area contributed by atoms with Gasteiger partial charge in [-0.05, 0) is 43.9 Å². The van der Waals surface area contributed by atoms with Gasteiger partial charge in [-0.15, -0.1) is 0 Å². The Morgan fingerprint density at radius 3 is 2.70 bits per heavy atom. The zero-order chi connectivity index (χ0) is 14.5. The molecule has 1 fully saturated rings. The summed E-state index contributed by atoms with van der Waals surface area (Å²) in [5, 5.41) is 6.50. The number of amides is 1. The van der Waals surface area contributed by atoms with Crippen LogP contribution < -0.4 is 10.6 Å². The van der Waals surface area contributed by atoms with Crippen molar-refractivity contribution in [2.75, 3.05) is 5.32 Å². The summed E-state index contributed by atoms with van der Waals surface area (Å²) in [7, 11) is 0. The average molecular weight is 274 g/mol. The number of hydrogen-bond acceptors (Lipinski definition) is 2. The van der Waals surface area contributed by atoms with Crippen molar-refractivity contribution in [3.8, 4) is 0 Å². The molecule has 110 valence electrons. The first-order valence-corrected chi connectivity index (χ1v) is 7.68. The third-order valence-electron chi connectivity index (χ3n) is 4.15. The van der Waals surface area contributed by atoms with Gasteiger partial charge in [0, 0.05) is 24.7 Å². The van der Waals surface area contributed by atoms with Gasteiger partial charge >= 0.3 is 0 Å². The van der Waals surface area contributed by atoms with Crippen molar-refractivity contribution in [3.05, 3.63) is 29.8 Å². The third kappa shape index (κ3) is 4.34. The highest BCUT2D eigenvalue weighted by molar-refractivity contribution is 5.88. The van der Waals surface area contributed by atoms with Crippen LogP contribution in [-0.2, 0) is 4.79 Å². The summed E-state index contributed by atoms with van der Waals surface area (Å²) in [6.07, 6.45) is 5.48. The van der Waals surface area contributed by atoms with E-state index < -0.39 is 0 Å². The zero-order valence-electron chi connectivity index (χ0n) is 12.8. The quantitative estimate of drug-likeness (QED) is 0.826. The van der Waals surface area contributed by atoms with Crippen LogP contribution >= 0.6 is 0 Å². The highest BCUT2D eigenvalue weighted by Crippen LogP contribution is 2.31. The molecule has 2 N–H and O–H groups in total. The largest absolute Gasteiger partial charge is 0.326 e. The van der Waals surface area contributed by atoms with Crippen molar-refractivity contribution in [2.45, 2.75) is 58.5 Å².